The fourth-order valence-corrected chi connectivity index (χ4v) is 5.29. The third-order valence-electron chi connectivity index (χ3n) is 3.87. The van der Waals surface area contributed by atoms with Gasteiger partial charge in [0.25, 0.3) is 0 Å². The molecular formula is C13H14ClNO4S. The van der Waals surface area contributed by atoms with Gasteiger partial charge in [0.15, 0.2) is 9.84 Å². The Morgan fingerprint density at radius 1 is 1.35 bits per heavy atom. The van der Waals surface area contributed by atoms with Gasteiger partial charge >= 0.3 is 0 Å². The summed E-state index contributed by atoms with van der Waals surface area (Å²) in [6, 6.07) is 4.69. The standard InChI is InChI=1S/C13H14ClNO4S/c1-19-12-3-2-9(14)5-10(12)15-11-7-20(17,18)6-8(11)4-13(15)16/h2-3,5,8,11H,4,6-7H2,1H3. The van der Waals surface area contributed by atoms with Crippen LogP contribution in [0.25, 0.3) is 0 Å². The molecule has 2 unspecified atom stereocenters. The Balaban J connectivity index is 2.05. The van der Waals surface area contributed by atoms with Gasteiger partial charge in [0, 0.05) is 17.4 Å². The minimum atomic E-state index is -3.07. The molecule has 0 spiro atoms. The second-order valence-electron chi connectivity index (χ2n) is 5.19. The maximum atomic E-state index is 12.2. The van der Waals surface area contributed by atoms with E-state index in [9.17, 15) is 13.2 Å². The molecule has 2 heterocycles. The molecule has 1 aromatic carbocycles. The fourth-order valence-electron chi connectivity index (χ4n) is 3.05. The van der Waals surface area contributed by atoms with Gasteiger partial charge in [0.2, 0.25) is 5.91 Å². The number of amides is 1. The molecule has 0 aromatic heterocycles. The van der Waals surface area contributed by atoms with Gasteiger partial charge in [-0.1, -0.05) is 11.6 Å². The van der Waals surface area contributed by atoms with Crippen molar-refractivity contribution in [2.45, 2.75) is 12.5 Å². The van der Waals surface area contributed by atoms with Gasteiger partial charge in [-0.05, 0) is 18.2 Å². The molecule has 2 aliphatic heterocycles. The van der Waals surface area contributed by atoms with Crippen LogP contribution in [0.15, 0.2) is 18.2 Å². The number of benzene rings is 1. The van der Waals surface area contributed by atoms with Crippen LogP contribution < -0.4 is 9.64 Å². The van der Waals surface area contributed by atoms with Crippen LogP contribution in [0.5, 0.6) is 5.75 Å². The highest BCUT2D eigenvalue weighted by atomic mass is 35.5. The van der Waals surface area contributed by atoms with E-state index in [1.807, 2.05) is 0 Å². The van der Waals surface area contributed by atoms with E-state index in [0.717, 1.165) is 0 Å². The minimum absolute atomic E-state index is 0.0130. The van der Waals surface area contributed by atoms with Crippen molar-refractivity contribution in [2.75, 3.05) is 23.5 Å². The van der Waals surface area contributed by atoms with Gasteiger partial charge in [-0.2, -0.15) is 0 Å². The molecule has 2 saturated heterocycles. The van der Waals surface area contributed by atoms with E-state index in [4.69, 9.17) is 16.3 Å². The van der Waals surface area contributed by atoms with Crippen molar-refractivity contribution in [1.29, 1.82) is 0 Å². The molecule has 108 valence electrons. The number of carbonyl (C=O) groups excluding carboxylic acids is 1. The average Bonchev–Trinajstić information content (AvgIpc) is 2.79. The van der Waals surface area contributed by atoms with Crippen molar-refractivity contribution in [2.24, 2.45) is 5.92 Å². The Morgan fingerprint density at radius 2 is 2.10 bits per heavy atom. The van der Waals surface area contributed by atoms with Crippen molar-refractivity contribution in [3.05, 3.63) is 23.2 Å². The first-order valence-electron chi connectivity index (χ1n) is 6.27. The van der Waals surface area contributed by atoms with E-state index in [2.05, 4.69) is 0 Å². The lowest BCUT2D eigenvalue weighted by Crippen LogP contribution is -2.36. The lowest BCUT2D eigenvalue weighted by molar-refractivity contribution is -0.117. The molecule has 0 bridgehead atoms. The van der Waals surface area contributed by atoms with E-state index < -0.39 is 9.84 Å². The Bertz CT molecular complexity index is 673. The lowest BCUT2D eigenvalue weighted by Gasteiger charge is -2.25. The summed E-state index contributed by atoms with van der Waals surface area (Å²) in [4.78, 5) is 13.8. The molecule has 5 nitrogen and oxygen atoms in total. The van der Waals surface area contributed by atoms with Gasteiger partial charge in [0.05, 0.1) is 30.3 Å². The van der Waals surface area contributed by atoms with Crippen molar-refractivity contribution in [3.8, 4) is 5.75 Å². The Hall–Kier alpha value is -1.27. The first-order chi connectivity index (χ1) is 9.41. The number of ether oxygens (including phenoxy) is 1. The molecule has 2 aliphatic rings. The Morgan fingerprint density at radius 3 is 2.80 bits per heavy atom. The normalized spacial score (nSPS) is 27.7. The number of nitrogens with zero attached hydrogens (tertiary/aromatic N) is 1. The summed E-state index contributed by atoms with van der Waals surface area (Å²) in [5.41, 5.74) is 0.551. The number of hydrogen-bond donors (Lipinski definition) is 0. The average molecular weight is 316 g/mol. The van der Waals surface area contributed by atoms with Crippen LogP contribution in [0.4, 0.5) is 5.69 Å². The van der Waals surface area contributed by atoms with Crippen LogP contribution in [0.3, 0.4) is 0 Å². The SMILES string of the molecule is COc1ccc(Cl)cc1N1C(=O)CC2CS(=O)(=O)CC21. The smallest absolute Gasteiger partial charge is 0.227 e. The summed E-state index contributed by atoms with van der Waals surface area (Å²) in [5, 5.41) is 0.484. The van der Waals surface area contributed by atoms with Gasteiger partial charge in [-0.15, -0.1) is 0 Å². The van der Waals surface area contributed by atoms with Crippen LogP contribution in [0.2, 0.25) is 5.02 Å². The van der Waals surface area contributed by atoms with Gasteiger partial charge in [-0.25, -0.2) is 8.42 Å². The molecule has 7 heteroatoms. The van der Waals surface area contributed by atoms with Crippen LogP contribution >= 0.6 is 11.6 Å². The zero-order valence-electron chi connectivity index (χ0n) is 10.9. The van der Waals surface area contributed by atoms with Gasteiger partial charge in [-0.3, -0.25) is 4.79 Å². The number of methoxy groups -OCH3 is 1. The Kier molecular flexibility index (Phi) is 3.17. The third-order valence-corrected chi connectivity index (χ3v) is 5.89. The van der Waals surface area contributed by atoms with Crippen LogP contribution in [-0.2, 0) is 14.6 Å². The number of hydrogen-bond acceptors (Lipinski definition) is 4. The quantitative estimate of drug-likeness (QED) is 0.829. The van der Waals surface area contributed by atoms with Crippen molar-refractivity contribution in [3.63, 3.8) is 0 Å². The molecule has 20 heavy (non-hydrogen) atoms. The fraction of sp³-hybridized carbons (Fsp3) is 0.462. The highest BCUT2D eigenvalue weighted by molar-refractivity contribution is 7.91. The monoisotopic (exact) mass is 315 g/mol. The summed E-state index contributed by atoms with van der Waals surface area (Å²) >= 11 is 5.99. The molecule has 2 atom stereocenters. The van der Waals surface area contributed by atoms with Crippen LogP contribution in [0.1, 0.15) is 6.42 Å². The number of carbonyl (C=O) groups is 1. The molecule has 0 aliphatic carbocycles. The molecule has 3 rings (SSSR count). The van der Waals surface area contributed by atoms with Crippen LogP contribution in [-0.4, -0.2) is 39.0 Å². The van der Waals surface area contributed by atoms with Crippen molar-refractivity contribution >= 4 is 33.0 Å². The van der Waals surface area contributed by atoms with E-state index in [-0.39, 0.29) is 35.8 Å². The largest absolute Gasteiger partial charge is 0.495 e. The highest BCUT2D eigenvalue weighted by Crippen LogP contribution is 2.41. The minimum Gasteiger partial charge on any atom is -0.495 e. The number of sulfone groups is 1. The third kappa shape index (κ3) is 2.16. The summed E-state index contributed by atoms with van der Waals surface area (Å²) < 4.78 is 28.8. The first kappa shape index (κ1) is 13.7. The molecule has 1 aromatic rings. The van der Waals surface area contributed by atoms with Gasteiger partial charge < -0.3 is 9.64 Å². The van der Waals surface area contributed by atoms with Gasteiger partial charge in [0.1, 0.15) is 5.75 Å². The van der Waals surface area contributed by atoms with Crippen LogP contribution in [0, 0.1) is 5.92 Å². The van der Waals surface area contributed by atoms with E-state index >= 15 is 0 Å². The predicted molar refractivity (Wildman–Crippen MR) is 76.0 cm³/mol. The predicted octanol–water partition coefficient (Wildman–Crippen LogP) is 1.50. The molecular weight excluding hydrogens is 302 g/mol. The molecule has 0 saturated carbocycles. The Labute approximate surface area is 122 Å². The number of halogens is 1. The highest BCUT2D eigenvalue weighted by Gasteiger charge is 2.49. The van der Waals surface area contributed by atoms with Crippen molar-refractivity contribution in [1.82, 2.24) is 0 Å². The van der Waals surface area contributed by atoms with Crippen molar-refractivity contribution < 1.29 is 17.9 Å². The summed E-state index contributed by atoms with van der Waals surface area (Å²) in [6.07, 6.45) is 0.263. The summed E-state index contributed by atoms with van der Waals surface area (Å²) in [7, 11) is -1.56. The second-order valence-corrected chi connectivity index (χ2v) is 7.78. The maximum Gasteiger partial charge on any atom is 0.227 e. The number of rotatable bonds is 2. The summed E-state index contributed by atoms with van der Waals surface area (Å²) in [6.45, 7) is 0. The molecule has 0 N–H and O–H groups in total. The first-order valence-corrected chi connectivity index (χ1v) is 8.47. The maximum absolute atomic E-state index is 12.2. The van der Waals surface area contributed by atoms with E-state index in [1.54, 1.807) is 23.1 Å². The van der Waals surface area contributed by atoms with E-state index in [0.29, 0.717) is 16.5 Å². The summed E-state index contributed by atoms with van der Waals surface area (Å²) in [5.74, 6) is 0.418. The second kappa shape index (κ2) is 4.63. The zero-order chi connectivity index (χ0) is 14.5. The molecule has 2 fully saturated rings. The molecule has 0 radical (unpaired) electrons. The lowest BCUT2D eigenvalue weighted by atomic mass is 10.0. The topological polar surface area (TPSA) is 63.7 Å². The zero-order valence-corrected chi connectivity index (χ0v) is 12.4. The van der Waals surface area contributed by atoms with E-state index in [1.165, 1.54) is 7.11 Å². The number of fused-ring (bicyclic) bond motifs is 1. The number of anilines is 1. The molecule has 1 amide bonds.